The molecule has 0 N–H and O–H groups in total. The summed E-state index contributed by atoms with van der Waals surface area (Å²) in [5.41, 5.74) is -0.474. The molecule has 0 atom stereocenters. The van der Waals surface area contributed by atoms with Crippen LogP contribution in [0.25, 0.3) is 27.8 Å². The average molecular weight is 491 g/mol. The molecule has 2 aromatic heterocycles. The van der Waals surface area contributed by atoms with E-state index in [9.17, 15) is 30.8 Å². The molecule has 0 radical (unpaired) electrons. The van der Waals surface area contributed by atoms with E-state index in [0.717, 1.165) is 29.1 Å². The van der Waals surface area contributed by atoms with Crippen LogP contribution in [0.3, 0.4) is 0 Å². The van der Waals surface area contributed by atoms with Crippen LogP contribution in [0.2, 0.25) is 0 Å². The number of aromatic nitrogens is 3. The number of benzene rings is 2. The predicted molar refractivity (Wildman–Crippen MR) is 118 cm³/mol. The minimum absolute atomic E-state index is 0.0542. The molecule has 6 nitrogen and oxygen atoms in total. The quantitative estimate of drug-likeness (QED) is 0.387. The minimum atomic E-state index is -4.60. The molecule has 0 saturated carbocycles. The van der Waals surface area contributed by atoms with E-state index < -0.39 is 33.0 Å². The summed E-state index contributed by atoms with van der Waals surface area (Å²) >= 11 is 0. The first-order valence-electron chi connectivity index (χ1n) is 10.0. The zero-order chi connectivity index (χ0) is 24.8. The molecule has 0 bridgehead atoms. The van der Waals surface area contributed by atoms with E-state index in [-0.39, 0.29) is 32.9 Å². The molecule has 0 unspecified atom stereocenters. The van der Waals surface area contributed by atoms with Crippen LogP contribution in [-0.4, -0.2) is 28.9 Å². The molecule has 2 heterocycles. The highest BCUT2D eigenvalue weighted by Gasteiger charge is 2.31. The van der Waals surface area contributed by atoms with Gasteiger partial charge >= 0.3 is 6.18 Å². The summed E-state index contributed by atoms with van der Waals surface area (Å²) in [5, 5.41) is 3.79. The molecule has 0 spiro atoms. The van der Waals surface area contributed by atoms with Gasteiger partial charge in [-0.3, -0.25) is 4.79 Å². The standard InChI is InChI=1S/C23H17F4N3O3S/c1-3-34(32,33)20-9-8-19(17-7-5-16(24)10-13(17)2)29-21(20)30-22(31)18-6-4-15(23(25,26)27)11-14(18)12-28-30/h4-12H,3H2,1-2H3. The number of hydrogen-bond donors (Lipinski definition) is 0. The van der Waals surface area contributed by atoms with Crippen LogP contribution < -0.4 is 5.56 Å². The van der Waals surface area contributed by atoms with Gasteiger partial charge in [-0.05, 0) is 61.0 Å². The maximum absolute atomic E-state index is 13.6. The fourth-order valence-corrected chi connectivity index (χ4v) is 4.52. The normalized spacial score (nSPS) is 12.3. The third-order valence-corrected chi connectivity index (χ3v) is 7.08. The van der Waals surface area contributed by atoms with Crippen molar-refractivity contribution in [2.24, 2.45) is 0 Å². The number of nitrogens with zero attached hydrogens (tertiary/aromatic N) is 3. The fourth-order valence-electron chi connectivity index (χ4n) is 3.53. The van der Waals surface area contributed by atoms with Gasteiger partial charge in [0, 0.05) is 10.9 Å². The van der Waals surface area contributed by atoms with Crippen LogP contribution in [0.15, 0.2) is 64.4 Å². The molecule has 11 heteroatoms. The largest absolute Gasteiger partial charge is 0.416 e. The Morgan fingerprint density at radius 3 is 2.41 bits per heavy atom. The zero-order valence-corrected chi connectivity index (χ0v) is 18.7. The molecule has 34 heavy (non-hydrogen) atoms. The van der Waals surface area contributed by atoms with Crippen molar-refractivity contribution in [3.05, 3.63) is 82.0 Å². The Hall–Kier alpha value is -3.60. The van der Waals surface area contributed by atoms with Crippen LogP contribution >= 0.6 is 0 Å². The summed E-state index contributed by atoms with van der Waals surface area (Å²) in [7, 11) is -3.86. The fraction of sp³-hybridized carbons (Fsp3) is 0.174. The highest BCUT2D eigenvalue weighted by molar-refractivity contribution is 7.91. The third-order valence-electron chi connectivity index (χ3n) is 5.33. The highest BCUT2D eigenvalue weighted by Crippen LogP contribution is 2.31. The Morgan fingerprint density at radius 2 is 1.76 bits per heavy atom. The van der Waals surface area contributed by atoms with E-state index in [1.807, 2.05) is 0 Å². The van der Waals surface area contributed by atoms with Crippen LogP contribution in [0.5, 0.6) is 0 Å². The molecular formula is C23H17F4N3O3S. The lowest BCUT2D eigenvalue weighted by Gasteiger charge is -2.14. The summed E-state index contributed by atoms with van der Waals surface area (Å²) in [6, 6.07) is 9.27. The van der Waals surface area contributed by atoms with Gasteiger partial charge in [0.1, 0.15) is 10.7 Å². The highest BCUT2D eigenvalue weighted by atomic mass is 32.2. The Kier molecular flexibility index (Phi) is 5.76. The summed E-state index contributed by atoms with van der Waals surface area (Å²) < 4.78 is 78.9. The van der Waals surface area contributed by atoms with E-state index in [4.69, 9.17) is 0 Å². The van der Waals surface area contributed by atoms with Crippen LogP contribution in [0.4, 0.5) is 17.6 Å². The topological polar surface area (TPSA) is 81.9 Å². The Labute approximate surface area is 191 Å². The van der Waals surface area contributed by atoms with Crippen molar-refractivity contribution < 1.29 is 26.0 Å². The van der Waals surface area contributed by atoms with Crippen LogP contribution in [0, 0.1) is 12.7 Å². The third kappa shape index (κ3) is 4.18. The monoisotopic (exact) mass is 491 g/mol. The predicted octanol–water partition coefficient (Wildman–Crippen LogP) is 4.71. The molecule has 0 aliphatic carbocycles. The average Bonchev–Trinajstić information content (AvgIpc) is 2.78. The van der Waals surface area contributed by atoms with Crippen molar-refractivity contribution in [2.45, 2.75) is 24.9 Å². The van der Waals surface area contributed by atoms with Gasteiger partial charge in [-0.1, -0.05) is 6.92 Å². The van der Waals surface area contributed by atoms with Gasteiger partial charge in [0.2, 0.25) is 0 Å². The van der Waals surface area contributed by atoms with E-state index in [1.165, 1.54) is 37.3 Å². The second kappa shape index (κ2) is 8.32. The van der Waals surface area contributed by atoms with Gasteiger partial charge in [-0.15, -0.1) is 0 Å². The number of pyridine rings is 1. The number of alkyl halides is 3. The minimum Gasteiger partial charge on any atom is -0.267 e. The zero-order valence-electron chi connectivity index (χ0n) is 17.9. The molecule has 0 amide bonds. The second-order valence-corrected chi connectivity index (χ2v) is 9.79. The van der Waals surface area contributed by atoms with Gasteiger partial charge in [0.25, 0.3) is 5.56 Å². The maximum atomic E-state index is 13.6. The number of aryl methyl sites for hydroxylation is 1. The van der Waals surface area contributed by atoms with Crippen molar-refractivity contribution in [3.63, 3.8) is 0 Å². The number of rotatable bonds is 4. The lowest BCUT2D eigenvalue weighted by atomic mass is 10.1. The van der Waals surface area contributed by atoms with E-state index >= 15 is 0 Å². The molecule has 4 rings (SSSR count). The van der Waals surface area contributed by atoms with Gasteiger partial charge in [-0.25, -0.2) is 17.8 Å². The number of hydrogen-bond acceptors (Lipinski definition) is 5. The van der Waals surface area contributed by atoms with Crippen LogP contribution in [0.1, 0.15) is 18.1 Å². The van der Waals surface area contributed by atoms with E-state index in [2.05, 4.69) is 10.1 Å². The Balaban J connectivity index is 1.99. The van der Waals surface area contributed by atoms with Crippen molar-refractivity contribution in [1.29, 1.82) is 0 Å². The molecule has 176 valence electrons. The summed E-state index contributed by atoms with van der Waals surface area (Å²) in [6.07, 6.45) is -3.56. The van der Waals surface area contributed by atoms with E-state index in [0.29, 0.717) is 11.1 Å². The number of halogens is 4. The molecule has 0 aliphatic rings. The van der Waals surface area contributed by atoms with Crippen molar-refractivity contribution in [1.82, 2.24) is 14.8 Å². The van der Waals surface area contributed by atoms with Crippen molar-refractivity contribution in [2.75, 3.05) is 5.75 Å². The molecule has 2 aromatic carbocycles. The van der Waals surface area contributed by atoms with Gasteiger partial charge in [-0.2, -0.15) is 23.0 Å². The van der Waals surface area contributed by atoms with E-state index in [1.54, 1.807) is 6.92 Å². The van der Waals surface area contributed by atoms with Crippen molar-refractivity contribution in [3.8, 4) is 17.1 Å². The summed E-state index contributed by atoms with van der Waals surface area (Å²) in [5.74, 6) is -1.04. The first kappa shape index (κ1) is 23.6. The van der Waals surface area contributed by atoms with Crippen molar-refractivity contribution >= 4 is 20.6 Å². The molecular weight excluding hydrogens is 474 g/mol. The Bertz CT molecular complexity index is 1600. The number of sulfone groups is 1. The Morgan fingerprint density at radius 1 is 1.03 bits per heavy atom. The SMILES string of the molecule is CCS(=O)(=O)c1ccc(-c2ccc(F)cc2C)nc1-n1ncc2cc(C(F)(F)F)ccc2c1=O. The first-order chi connectivity index (χ1) is 15.9. The summed E-state index contributed by atoms with van der Waals surface area (Å²) in [4.78, 5) is 17.2. The summed E-state index contributed by atoms with van der Waals surface area (Å²) in [6.45, 7) is 3.07. The second-order valence-electron chi connectivity index (χ2n) is 7.54. The maximum Gasteiger partial charge on any atom is 0.416 e. The van der Waals surface area contributed by atoms with Crippen LogP contribution in [-0.2, 0) is 16.0 Å². The first-order valence-corrected chi connectivity index (χ1v) is 11.7. The van der Waals surface area contributed by atoms with Gasteiger partial charge < -0.3 is 0 Å². The molecule has 4 aromatic rings. The molecule has 0 aliphatic heterocycles. The molecule has 0 saturated heterocycles. The van der Waals surface area contributed by atoms with Gasteiger partial charge in [0.15, 0.2) is 15.7 Å². The van der Waals surface area contributed by atoms with Gasteiger partial charge in [0.05, 0.1) is 28.6 Å². The number of fused-ring (bicyclic) bond motifs is 1. The lowest BCUT2D eigenvalue weighted by molar-refractivity contribution is -0.137. The molecule has 0 fully saturated rings. The smallest absolute Gasteiger partial charge is 0.267 e. The lowest BCUT2D eigenvalue weighted by Crippen LogP contribution is -2.25.